The Hall–Kier alpha value is -0.860. The lowest BCUT2D eigenvalue weighted by Crippen LogP contribution is -2.32. The molecule has 1 aliphatic carbocycles. The summed E-state index contributed by atoms with van der Waals surface area (Å²) in [6, 6.07) is 9.41. The molecule has 0 spiro atoms. The van der Waals surface area contributed by atoms with E-state index < -0.39 is 0 Å². The molecule has 0 radical (unpaired) electrons. The molecule has 2 heteroatoms. The van der Waals surface area contributed by atoms with E-state index in [1.165, 1.54) is 30.4 Å². The third-order valence-corrected chi connectivity index (χ3v) is 4.40. The highest BCUT2D eigenvalue weighted by Crippen LogP contribution is 2.37. The number of benzene rings is 1. The first-order chi connectivity index (χ1) is 9.36. The van der Waals surface area contributed by atoms with Gasteiger partial charge >= 0.3 is 0 Å². The molecular formula is C17H25NO. The first kappa shape index (κ1) is 13.1. The van der Waals surface area contributed by atoms with Crippen molar-refractivity contribution in [2.24, 2.45) is 5.92 Å². The fraction of sp³-hybridized carbons (Fsp3) is 0.647. The summed E-state index contributed by atoms with van der Waals surface area (Å²) < 4.78 is 6.04. The summed E-state index contributed by atoms with van der Waals surface area (Å²) in [5.74, 6) is 0.975. The molecule has 1 N–H and O–H groups in total. The molecule has 0 bridgehead atoms. The molecule has 1 aromatic carbocycles. The van der Waals surface area contributed by atoms with E-state index in [1.54, 1.807) is 0 Å². The largest absolute Gasteiger partial charge is 0.373 e. The number of fused-ring (bicyclic) bond motifs is 1. The Morgan fingerprint density at radius 3 is 2.89 bits per heavy atom. The highest BCUT2D eigenvalue weighted by atomic mass is 16.5. The van der Waals surface area contributed by atoms with Gasteiger partial charge in [-0.25, -0.2) is 0 Å². The summed E-state index contributed by atoms with van der Waals surface area (Å²) in [6.45, 7) is 4.14. The van der Waals surface area contributed by atoms with Crippen molar-refractivity contribution in [3.63, 3.8) is 0 Å². The Labute approximate surface area is 116 Å². The summed E-state index contributed by atoms with van der Waals surface area (Å²) in [6.07, 6.45) is 6.69. The van der Waals surface area contributed by atoms with E-state index in [1.807, 2.05) is 0 Å². The van der Waals surface area contributed by atoms with E-state index in [0.29, 0.717) is 12.1 Å². The van der Waals surface area contributed by atoms with Gasteiger partial charge in [0.15, 0.2) is 0 Å². The van der Waals surface area contributed by atoms with Gasteiger partial charge in [-0.1, -0.05) is 44.0 Å². The first-order valence-corrected chi connectivity index (χ1v) is 7.79. The SMILES string of the molecule is CCNC(CC1CC1)CC1OCCc2ccccc21. The van der Waals surface area contributed by atoms with Crippen LogP contribution in [0, 0.1) is 5.92 Å². The van der Waals surface area contributed by atoms with Gasteiger partial charge in [-0.3, -0.25) is 0 Å². The molecule has 1 fully saturated rings. The van der Waals surface area contributed by atoms with Crippen molar-refractivity contribution in [2.75, 3.05) is 13.2 Å². The van der Waals surface area contributed by atoms with Crippen LogP contribution in [0.2, 0.25) is 0 Å². The van der Waals surface area contributed by atoms with Gasteiger partial charge < -0.3 is 10.1 Å². The Balaban J connectivity index is 1.67. The standard InChI is InChI=1S/C17H25NO/c1-2-18-15(11-13-7-8-13)12-17-16-6-4-3-5-14(16)9-10-19-17/h3-6,13,15,17-18H,2,7-12H2,1H3. The number of hydrogen-bond acceptors (Lipinski definition) is 2. The molecule has 0 saturated heterocycles. The maximum Gasteiger partial charge on any atom is 0.0842 e. The van der Waals surface area contributed by atoms with Crippen LogP contribution in [0.3, 0.4) is 0 Å². The third-order valence-electron chi connectivity index (χ3n) is 4.40. The topological polar surface area (TPSA) is 21.3 Å². The predicted molar refractivity (Wildman–Crippen MR) is 78.3 cm³/mol. The molecule has 2 unspecified atom stereocenters. The van der Waals surface area contributed by atoms with Crippen LogP contribution in [0.15, 0.2) is 24.3 Å². The number of rotatable bonds is 6. The van der Waals surface area contributed by atoms with Crippen molar-refractivity contribution in [1.29, 1.82) is 0 Å². The Morgan fingerprint density at radius 2 is 2.11 bits per heavy atom. The Bertz CT molecular complexity index is 413. The van der Waals surface area contributed by atoms with Gasteiger partial charge in [0.25, 0.3) is 0 Å². The molecule has 1 heterocycles. The summed E-state index contributed by atoms with van der Waals surface area (Å²) in [4.78, 5) is 0. The second-order valence-corrected chi connectivity index (χ2v) is 5.98. The van der Waals surface area contributed by atoms with Gasteiger partial charge in [0.1, 0.15) is 0 Å². The van der Waals surface area contributed by atoms with Crippen molar-refractivity contribution >= 4 is 0 Å². The van der Waals surface area contributed by atoms with Crippen molar-refractivity contribution < 1.29 is 4.74 Å². The van der Waals surface area contributed by atoms with Gasteiger partial charge in [-0.05, 0) is 42.9 Å². The fourth-order valence-corrected chi connectivity index (χ4v) is 3.24. The van der Waals surface area contributed by atoms with Crippen LogP contribution in [0.1, 0.15) is 49.8 Å². The minimum Gasteiger partial charge on any atom is -0.373 e. The van der Waals surface area contributed by atoms with Gasteiger partial charge in [0.05, 0.1) is 12.7 Å². The Kier molecular flexibility index (Phi) is 4.19. The molecule has 1 aromatic rings. The van der Waals surface area contributed by atoms with Crippen LogP contribution in [0.25, 0.3) is 0 Å². The van der Waals surface area contributed by atoms with Crippen LogP contribution >= 0.6 is 0 Å². The van der Waals surface area contributed by atoms with E-state index in [0.717, 1.165) is 31.9 Å². The molecule has 104 valence electrons. The molecule has 2 atom stereocenters. The summed E-state index contributed by atoms with van der Waals surface area (Å²) in [5, 5.41) is 3.65. The van der Waals surface area contributed by atoms with Crippen molar-refractivity contribution in [2.45, 2.75) is 51.2 Å². The van der Waals surface area contributed by atoms with Crippen LogP contribution in [0.4, 0.5) is 0 Å². The molecule has 2 nitrogen and oxygen atoms in total. The maximum atomic E-state index is 6.04. The van der Waals surface area contributed by atoms with E-state index >= 15 is 0 Å². The minimum absolute atomic E-state index is 0.299. The summed E-state index contributed by atoms with van der Waals surface area (Å²) >= 11 is 0. The molecule has 2 aliphatic rings. The lowest BCUT2D eigenvalue weighted by atomic mass is 9.92. The summed E-state index contributed by atoms with van der Waals surface area (Å²) in [5.41, 5.74) is 2.91. The lowest BCUT2D eigenvalue weighted by Gasteiger charge is -2.29. The normalized spacial score (nSPS) is 23.9. The maximum absolute atomic E-state index is 6.04. The molecule has 0 amide bonds. The van der Waals surface area contributed by atoms with Gasteiger partial charge in [-0.2, -0.15) is 0 Å². The quantitative estimate of drug-likeness (QED) is 0.844. The van der Waals surface area contributed by atoms with E-state index in [9.17, 15) is 0 Å². The number of nitrogens with one attached hydrogen (secondary N) is 1. The first-order valence-electron chi connectivity index (χ1n) is 7.79. The zero-order chi connectivity index (χ0) is 13.1. The van der Waals surface area contributed by atoms with Crippen LogP contribution in [-0.2, 0) is 11.2 Å². The van der Waals surface area contributed by atoms with Crippen LogP contribution in [0.5, 0.6) is 0 Å². The molecule has 19 heavy (non-hydrogen) atoms. The molecule has 1 saturated carbocycles. The smallest absolute Gasteiger partial charge is 0.0842 e. The third kappa shape index (κ3) is 3.37. The zero-order valence-corrected chi connectivity index (χ0v) is 11.9. The average Bonchev–Trinajstić information content (AvgIpc) is 3.23. The number of ether oxygens (including phenoxy) is 1. The number of hydrogen-bond donors (Lipinski definition) is 1. The average molecular weight is 259 g/mol. The van der Waals surface area contributed by atoms with Crippen molar-refractivity contribution in [1.82, 2.24) is 5.32 Å². The second-order valence-electron chi connectivity index (χ2n) is 5.98. The van der Waals surface area contributed by atoms with Gasteiger partial charge in [0, 0.05) is 6.04 Å². The second kappa shape index (κ2) is 6.06. The highest BCUT2D eigenvalue weighted by molar-refractivity contribution is 5.31. The molecule has 0 aromatic heterocycles. The molecule has 3 rings (SSSR count). The lowest BCUT2D eigenvalue weighted by molar-refractivity contribution is 0.0285. The predicted octanol–water partition coefficient (Wildman–Crippen LogP) is 3.47. The fourth-order valence-electron chi connectivity index (χ4n) is 3.24. The monoisotopic (exact) mass is 259 g/mol. The van der Waals surface area contributed by atoms with Crippen molar-refractivity contribution in [3.8, 4) is 0 Å². The van der Waals surface area contributed by atoms with E-state index in [4.69, 9.17) is 4.74 Å². The zero-order valence-electron chi connectivity index (χ0n) is 11.9. The van der Waals surface area contributed by atoms with E-state index in [2.05, 4.69) is 36.5 Å². The van der Waals surface area contributed by atoms with E-state index in [-0.39, 0.29) is 0 Å². The Morgan fingerprint density at radius 1 is 1.26 bits per heavy atom. The minimum atomic E-state index is 0.299. The van der Waals surface area contributed by atoms with Crippen LogP contribution < -0.4 is 5.32 Å². The van der Waals surface area contributed by atoms with Crippen molar-refractivity contribution in [3.05, 3.63) is 35.4 Å². The van der Waals surface area contributed by atoms with Gasteiger partial charge in [-0.15, -0.1) is 0 Å². The highest BCUT2D eigenvalue weighted by Gasteiger charge is 2.29. The molecular weight excluding hydrogens is 234 g/mol. The van der Waals surface area contributed by atoms with Crippen LogP contribution in [-0.4, -0.2) is 19.2 Å². The van der Waals surface area contributed by atoms with Gasteiger partial charge in [0.2, 0.25) is 0 Å². The summed E-state index contributed by atoms with van der Waals surface area (Å²) in [7, 11) is 0. The molecule has 1 aliphatic heterocycles.